The van der Waals surface area contributed by atoms with Crippen LogP contribution in [0.1, 0.15) is 19.4 Å². The molecule has 0 saturated heterocycles. The molecule has 0 fully saturated rings. The summed E-state index contributed by atoms with van der Waals surface area (Å²) in [6, 6.07) is 9.59. The van der Waals surface area contributed by atoms with Crippen LogP contribution in [0.3, 0.4) is 0 Å². The zero-order chi connectivity index (χ0) is 8.97. The average Bonchev–Trinajstić information content (AvgIpc) is 2.06. The fourth-order valence-electron chi connectivity index (χ4n) is 0.835. The molecule has 64 valence electrons. The summed E-state index contributed by atoms with van der Waals surface area (Å²) < 4.78 is 0.954. The van der Waals surface area contributed by atoms with Gasteiger partial charge >= 0.3 is 0 Å². The third-order valence-electron chi connectivity index (χ3n) is 1.58. The maximum absolute atomic E-state index is 11.2. The van der Waals surface area contributed by atoms with E-state index in [2.05, 4.69) is 0 Å². The van der Waals surface area contributed by atoms with Crippen molar-refractivity contribution in [3.05, 3.63) is 41.1 Å². The molecule has 0 aliphatic carbocycles. The van der Waals surface area contributed by atoms with Crippen LogP contribution < -0.4 is 0 Å². The molecule has 1 aromatic carbocycles. The molecule has 0 saturated carbocycles. The smallest absolute Gasteiger partial charge is 0.182 e. The van der Waals surface area contributed by atoms with Crippen molar-refractivity contribution in [2.24, 2.45) is 0 Å². The number of benzene rings is 1. The molecule has 0 heterocycles. The largest absolute Gasteiger partial charge is 0.624 e. The number of hydrogen-bond acceptors (Lipinski definition) is 1. The van der Waals surface area contributed by atoms with E-state index in [1.807, 2.05) is 44.2 Å². The van der Waals surface area contributed by atoms with E-state index < -0.39 is 0 Å². The van der Waals surface area contributed by atoms with Gasteiger partial charge in [-0.15, -0.1) is 0 Å². The van der Waals surface area contributed by atoms with Gasteiger partial charge in [0, 0.05) is 5.56 Å². The second-order valence-corrected chi connectivity index (χ2v) is 2.99. The van der Waals surface area contributed by atoms with Gasteiger partial charge in [-0.05, 0) is 26.0 Å². The van der Waals surface area contributed by atoms with Gasteiger partial charge in [0.2, 0.25) is 0 Å². The van der Waals surface area contributed by atoms with E-state index in [4.69, 9.17) is 0 Å². The highest BCUT2D eigenvalue weighted by atomic mass is 16.5. The second kappa shape index (κ2) is 3.90. The van der Waals surface area contributed by atoms with Crippen LogP contribution in [0.5, 0.6) is 0 Å². The number of hydrogen-bond donors (Lipinski definition) is 0. The first kappa shape index (κ1) is 8.78. The van der Waals surface area contributed by atoms with Gasteiger partial charge in [0.25, 0.3) is 0 Å². The Morgan fingerprint density at radius 3 is 2.33 bits per heavy atom. The van der Waals surface area contributed by atoms with Gasteiger partial charge in [0.15, 0.2) is 12.3 Å². The minimum absolute atomic E-state index is 0.00482. The van der Waals surface area contributed by atoms with Crippen LogP contribution in [0.4, 0.5) is 0 Å². The van der Waals surface area contributed by atoms with Crippen LogP contribution in [-0.2, 0) is 0 Å². The number of hydroxylamine groups is 1. The van der Waals surface area contributed by atoms with Gasteiger partial charge in [0.05, 0.1) is 0 Å². The van der Waals surface area contributed by atoms with Crippen molar-refractivity contribution in [1.29, 1.82) is 0 Å². The lowest BCUT2D eigenvalue weighted by molar-refractivity contribution is -0.487. The fraction of sp³-hybridized carbons (Fsp3) is 0.300. The summed E-state index contributed by atoms with van der Waals surface area (Å²) in [5.74, 6) is 0. The lowest BCUT2D eigenvalue weighted by Gasteiger charge is -2.06. The summed E-state index contributed by atoms with van der Waals surface area (Å²) >= 11 is 0. The topological polar surface area (TPSA) is 26.1 Å². The van der Waals surface area contributed by atoms with Crippen LogP contribution in [-0.4, -0.2) is 17.0 Å². The Bertz CT molecular complexity index is 264. The summed E-state index contributed by atoms with van der Waals surface area (Å²) in [5, 5.41) is 11.2. The highest BCUT2D eigenvalue weighted by molar-refractivity contribution is 5.75. The van der Waals surface area contributed by atoms with Crippen molar-refractivity contribution in [1.82, 2.24) is 0 Å². The SMILES string of the molecule is CC(C)/[N+]([O-])=C\c1ccccc1. The average molecular weight is 163 g/mol. The molecule has 1 rings (SSSR count). The summed E-state index contributed by atoms with van der Waals surface area (Å²) in [7, 11) is 0. The van der Waals surface area contributed by atoms with Gasteiger partial charge in [-0.1, -0.05) is 18.2 Å². The Hall–Kier alpha value is -1.31. The summed E-state index contributed by atoms with van der Waals surface area (Å²) in [6.45, 7) is 3.74. The molecule has 2 heteroatoms. The Balaban J connectivity index is 2.81. The van der Waals surface area contributed by atoms with E-state index in [0.29, 0.717) is 0 Å². The highest BCUT2D eigenvalue weighted by Crippen LogP contribution is 1.95. The fourth-order valence-corrected chi connectivity index (χ4v) is 0.835. The lowest BCUT2D eigenvalue weighted by atomic mass is 10.2. The molecule has 0 N–H and O–H groups in total. The molecule has 12 heavy (non-hydrogen) atoms. The first-order valence-electron chi connectivity index (χ1n) is 4.05. The molecule has 2 nitrogen and oxygen atoms in total. The maximum Gasteiger partial charge on any atom is 0.182 e. The molecular formula is C10H13NO. The van der Waals surface area contributed by atoms with Crippen LogP contribution in [0.15, 0.2) is 30.3 Å². The predicted octanol–water partition coefficient (Wildman–Crippen LogP) is 2.02. The molecule has 0 radical (unpaired) electrons. The normalized spacial score (nSPS) is 12.1. The van der Waals surface area contributed by atoms with E-state index in [0.717, 1.165) is 10.3 Å². The Morgan fingerprint density at radius 1 is 1.25 bits per heavy atom. The van der Waals surface area contributed by atoms with Gasteiger partial charge in [-0.25, -0.2) is 4.74 Å². The summed E-state index contributed by atoms with van der Waals surface area (Å²) in [6.07, 6.45) is 1.60. The zero-order valence-corrected chi connectivity index (χ0v) is 7.40. The van der Waals surface area contributed by atoms with Crippen molar-refractivity contribution in [2.75, 3.05) is 0 Å². The van der Waals surface area contributed by atoms with Crippen LogP contribution >= 0.6 is 0 Å². The maximum atomic E-state index is 11.2. The molecule has 0 amide bonds. The van der Waals surface area contributed by atoms with E-state index in [1.54, 1.807) is 6.21 Å². The standard InChI is InChI=1S/C10H13NO/c1-9(2)11(12)8-10-6-4-3-5-7-10/h3-9H,1-2H3/b11-8+. The molecule has 0 unspecified atom stereocenters. The Kier molecular flexibility index (Phi) is 2.86. The predicted molar refractivity (Wildman–Crippen MR) is 50.4 cm³/mol. The lowest BCUT2D eigenvalue weighted by Crippen LogP contribution is -2.14. The Morgan fingerprint density at radius 2 is 1.83 bits per heavy atom. The molecule has 0 spiro atoms. The van der Waals surface area contributed by atoms with Crippen LogP contribution in [0.25, 0.3) is 0 Å². The number of nitrogens with zero attached hydrogens (tertiary/aromatic N) is 1. The van der Waals surface area contributed by atoms with E-state index in [1.165, 1.54) is 0 Å². The minimum atomic E-state index is 0.00482. The monoisotopic (exact) mass is 163 g/mol. The van der Waals surface area contributed by atoms with Crippen molar-refractivity contribution in [3.8, 4) is 0 Å². The van der Waals surface area contributed by atoms with E-state index >= 15 is 0 Å². The van der Waals surface area contributed by atoms with Crippen LogP contribution in [0.2, 0.25) is 0 Å². The number of rotatable bonds is 2. The Labute approximate surface area is 72.7 Å². The van der Waals surface area contributed by atoms with Crippen molar-refractivity contribution >= 4 is 6.21 Å². The summed E-state index contributed by atoms with van der Waals surface area (Å²) in [4.78, 5) is 0. The minimum Gasteiger partial charge on any atom is -0.624 e. The van der Waals surface area contributed by atoms with Gasteiger partial charge in [-0.3, -0.25) is 0 Å². The van der Waals surface area contributed by atoms with Crippen LogP contribution in [0, 0.1) is 5.21 Å². The van der Waals surface area contributed by atoms with E-state index in [9.17, 15) is 5.21 Å². The molecule has 0 aromatic heterocycles. The molecular weight excluding hydrogens is 150 g/mol. The van der Waals surface area contributed by atoms with Gasteiger partial charge in [0.1, 0.15) is 0 Å². The molecule has 0 atom stereocenters. The quantitative estimate of drug-likeness (QED) is 0.283. The second-order valence-electron chi connectivity index (χ2n) is 2.99. The first-order valence-corrected chi connectivity index (χ1v) is 4.05. The van der Waals surface area contributed by atoms with Crippen molar-refractivity contribution < 1.29 is 4.74 Å². The van der Waals surface area contributed by atoms with E-state index in [-0.39, 0.29) is 6.04 Å². The molecule has 0 aliphatic heterocycles. The third-order valence-corrected chi connectivity index (χ3v) is 1.58. The molecule has 0 bridgehead atoms. The van der Waals surface area contributed by atoms with Gasteiger partial charge < -0.3 is 5.21 Å². The molecule has 1 aromatic rings. The van der Waals surface area contributed by atoms with Crippen molar-refractivity contribution in [3.63, 3.8) is 0 Å². The van der Waals surface area contributed by atoms with Crippen molar-refractivity contribution in [2.45, 2.75) is 19.9 Å². The third kappa shape index (κ3) is 2.38. The highest BCUT2D eigenvalue weighted by Gasteiger charge is 1.99. The first-order chi connectivity index (χ1) is 5.70. The zero-order valence-electron chi connectivity index (χ0n) is 7.40. The van der Waals surface area contributed by atoms with Gasteiger partial charge in [-0.2, -0.15) is 0 Å². The summed E-state index contributed by atoms with van der Waals surface area (Å²) in [5.41, 5.74) is 0.946. The molecule has 0 aliphatic rings.